The molecular formula is C19H30N2O3S. The van der Waals surface area contributed by atoms with Crippen LogP contribution in [0, 0.1) is 6.92 Å². The highest BCUT2D eigenvalue weighted by Crippen LogP contribution is 2.22. The number of aromatic amines is 1. The lowest BCUT2D eigenvalue weighted by molar-refractivity contribution is 0.0519. The van der Waals surface area contributed by atoms with E-state index >= 15 is 0 Å². The standard InChI is InChI=1S/C19H30N2O3S/c1-7-9-10-11-12-15-14(3)16(13-20-25(23)19(4,5)6)21-17(15)18(22)24-8-2/h7,13,21H,1,8-12H2,2-6H3/b20-13+. The Kier molecular flexibility index (Phi) is 8.29. The number of hydrogen-bond acceptors (Lipinski definition) is 3. The zero-order valence-corrected chi connectivity index (χ0v) is 16.8. The lowest BCUT2D eigenvalue weighted by Crippen LogP contribution is -2.19. The van der Waals surface area contributed by atoms with Crippen molar-refractivity contribution in [3.05, 3.63) is 35.2 Å². The van der Waals surface area contributed by atoms with Gasteiger partial charge in [0.1, 0.15) is 16.7 Å². The molecule has 0 bridgehead atoms. The van der Waals surface area contributed by atoms with Crippen molar-refractivity contribution >= 4 is 23.2 Å². The van der Waals surface area contributed by atoms with Crippen molar-refractivity contribution in [1.29, 1.82) is 0 Å². The summed E-state index contributed by atoms with van der Waals surface area (Å²) in [5, 5.41) is 0. The normalized spacial score (nSPS) is 13.2. The number of aromatic nitrogens is 1. The van der Waals surface area contributed by atoms with Crippen molar-refractivity contribution in [3.8, 4) is 0 Å². The first-order valence-corrected chi connectivity index (χ1v) is 9.78. The minimum atomic E-state index is -1.34. The third-order valence-electron chi connectivity index (χ3n) is 3.78. The monoisotopic (exact) mass is 366 g/mol. The summed E-state index contributed by atoms with van der Waals surface area (Å²) in [5.41, 5.74) is 3.09. The molecule has 1 aromatic heterocycles. The van der Waals surface area contributed by atoms with Crippen LogP contribution >= 0.6 is 0 Å². The predicted octanol–water partition coefficient (Wildman–Crippen LogP) is 4.28. The van der Waals surface area contributed by atoms with E-state index in [1.54, 1.807) is 13.1 Å². The Morgan fingerprint density at radius 2 is 2.04 bits per heavy atom. The Morgan fingerprint density at radius 1 is 1.36 bits per heavy atom. The summed E-state index contributed by atoms with van der Waals surface area (Å²) in [6, 6.07) is 0. The number of ether oxygens (including phenoxy) is 1. The molecule has 1 heterocycles. The first-order chi connectivity index (χ1) is 11.7. The summed E-state index contributed by atoms with van der Waals surface area (Å²) in [7, 11) is -1.34. The van der Waals surface area contributed by atoms with E-state index in [-0.39, 0.29) is 5.97 Å². The molecule has 0 saturated heterocycles. The highest BCUT2D eigenvalue weighted by molar-refractivity contribution is 7.85. The minimum absolute atomic E-state index is 0.324. The van der Waals surface area contributed by atoms with Gasteiger partial charge in [0, 0.05) is 0 Å². The van der Waals surface area contributed by atoms with Crippen LogP contribution in [-0.2, 0) is 22.1 Å². The summed E-state index contributed by atoms with van der Waals surface area (Å²) in [5.74, 6) is -0.360. The van der Waals surface area contributed by atoms with Gasteiger partial charge in [0.2, 0.25) is 0 Å². The van der Waals surface area contributed by atoms with Crippen molar-refractivity contribution in [1.82, 2.24) is 4.98 Å². The second kappa shape index (κ2) is 9.70. The van der Waals surface area contributed by atoms with Crippen LogP contribution in [0.25, 0.3) is 0 Å². The molecule has 0 fully saturated rings. The van der Waals surface area contributed by atoms with Crippen LogP contribution in [0.15, 0.2) is 17.1 Å². The van der Waals surface area contributed by atoms with Gasteiger partial charge >= 0.3 is 5.97 Å². The van der Waals surface area contributed by atoms with Crippen molar-refractivity contribution in [2.24, 2.45) is 4.40 Å². The smallest absolute Gasteiger partial charge is 0.355 e. The SMILES string of the molecule is C=CCCCCc1c(C(=O)OCC)[nH]c(/C=N/S(=O)C(C)(C)C)c1C. The molecule has 140 valence electrons. The van der Waals surface area contributed by atoms with E-state index in [9.17, 15) is 9.00 Å². The highest BCUT2D eigenvalue weighted by Gasteiger charge is 2.21. The lowest BCUT2D eigenvalue weighted by Gasteiger charge is -2.12. The van der Waals surface area contributed by atoms with Crippen LogP contribution in [0.4, 0.5) is 0 Å². The lowest BCUT2D eigenvalue weighted by atomic mass is 10.0. The van der Waals surface area contributed by atoms with Gasteiger partial charge in [0.05, 0.1) is 23.3 Å². The largest absolute Gasteiger partial charge is 0.461 e. The second-order valence-electron chi connectivity index (χ2n) is 6.87. The topological polar surface area (TPSA) is 71.5 Å². The summed E-state index contributed by atoms with van der Waals surface area (Å²) in [6.07, 6.45) is 7.18. The maximum absolute atomic E-state index is 12.2. The molecule has 5 nitrogen and oxygen atoms in total. The molecule has 0 spiro atoms. The van der Waals surface area contributed by atoms with Gasteiger partial charge in [0.25, 0.3) is 0 Å². The number of nitrogens with zero attached hydrogens (tertiary/aromatic N) is 1. The van der Waals surface area contributed by atoms with E-state index in [1.807, 2.05) is 33.8 Å². The molecule has 25 heavy (non-hydrogen) atoms. The first kappa shape index (κ1) is 21.4. The molecule has 6 heteroatoms. The number of rotatable bonds is 9. The Morgan fingerprint density at radius 3 is 2.60 bits per heavy atom. The molecule has 1 unspecified atom stereocenters. The molecule has 1 aromatic rings. The fourth-order valence-electron chi connectivity index (χ4n) is 2.32. The van der Waals surface area contributed by atoms with Gasteiger partial charge < -0.3 is 9.72 Å². The van der Waals surface area contributed by atoms with E-state index < -0.39 is 15.7 Å². The van der Waals surface area contributed by atoms with Gasteiger partial charge in [-0.2, -0.15) is 4.40 Å². The predicted molar refractivity (Wildman–Crippen MR) is 105 cm³/mol. The van der Waals surface area contributed by atoms with E-state index in [1.165, 1.54) is 0 Å². The molecular weight excluding hydrogens is 336 g/mol. The Hall–Kier alpha value is -1.69. The Labute approximate surface area is 153 Å². The zero-order valence-electron chi connectivity index (χ0n) is 16.0. The maximum Gasteiger partial charge on any atom is 0.355 e. The Bertz CT molecular complexity index is 654. The van der Waals surface area contributed by atoms with Gasteiger partial charge in [-0.25, -0.2) is 9.00 Å². The maximum atomic E-state index is 12.2. The third kappa shape index (κ3) is 6.27. The first-order valence-electron chi connectivity index (χ1n) is 8.67. The molecule has 0 saturated carbocycles. The number of hydrogen-bond donors (Lipinski definition) is 1. The molecule has 0 aliphatic heterocycles. The number of carbonyl (C=O) groups is 1. The number of allylic oxidation sites excluding steroid dienone is 1. The molecule has 1 N–H and O–H groups in total. The molecule has 0 amide bonds. The van der Waals surface area contributed by atoms with Gasteiger partial charge in [-0.1, -0.05) is 6.08 Å². The molecule has 1 atom stereocenters. The van der Waals surface area contributed by atoms with Crippen LogP contribution in [0.1, 0.15) is 74.3 Å². The van der Waals surface area contributed by atoms with Crippen molar-refractivity contribution < 1.29 is 13.7 Å². The quantitative estimate of drug-likeness (QED) is 0.307. The number of H-pyrrole nitrogens is 1. The van der Waals surface area contributed by atoms with Crippen LogP contribution in [0.2, 0.25) is 0 Å². The van der Waals surface area contributed by atoms with Gasteiger partial charge in [-0.15, -0.1) is 6.58 Å². The summed E-state index contributed by atoms with van der Waals surface area (Å²) in [4.78, 5) is 15.3. The van der Waals surface area contributed by atoms with E-state index in [0.717, 1.165) is 36.8 Å². The number of unbranched alkanes of at least 4 members (excludes halogenated alkanes) is 2. The molecule has 0 aromatic carbocycles. The van der Waals surface area contributed by atoms with Crippen molar-refractivity contribution in [2.45, 2.75) is 65.0 Å². The van der Waals surface area contributed by atoms with Crippen LogP contribution < -0.4 is 0 Å². The van der Waals surface area contributed by atoms with E-state index in [2.05, 4.69) is 16.0 Å². The van der Waals surface area contributed by atoms with E-state index in [0.29, 0.717) is 18.0 Å². The van der Waals surface area contributed by atoms with Gasteiger partial charge in [-0.05, 0) is 71.4 Å². The summed E-state index contributed by atoms with van der Waals surface area (Å²) < 4.78 is 21.0. The van der Waals surface area contributed by atoms with Gasteiger partial charge in [0.15, 0.2) is 0 Å². The van der Waals surface area contributed by atoms with Crippen LogP contribution in [-0.4, -0.2) is 32.7 Å². The molecule has 1 rings (SSSR count). The summed E-state index contributed by atoms with van der Waals surface area (Å²) >= 11 is 0. The highest BCUT2D eigenvalue weighted by atomic mass is 32.2. The fourth-order valence-corrected chi connectivity index (χ4v) is 2.84. The number of nitrogens with one attached hydrogen (secondary N) is 1. The molecule has 0 aliphatic rings. The Balaban J connectivity index is 3.10. The zero-order chi connectivity index (χ0) is 19.0. The minimum Gasteiger partial charge on any atom is -0.461 e. The molecule has 0 radical (unpaired) electrons. The molecule has 0 aliphatic carbocycles. The van der Waals surface area contributed by atoms with E-state index in [4.69, 9.17) is 4.74 Å². The van der Waals surface area contributed by atoms with Crippen LogP contribution in [0.5, 0.6) is 0 Å². The number of esters is 1. The average Bonchev–Trinajstić information content (AvgIpc) is 2.85. The van der Waals surface area contributed by atoms with Crippen LogP contribution in [0.3, 0.4) is 0 Å². The fraction of sp³-hybridized carbons (Fsp3) is 0.579. The average molecular weight is 367 g/mol. The summed E-state index contributed by atoms with van der Waals surface area (Å²) in [6.45, 7) is 13.4. The number of carbonyl (C=O) groups excluding carboxylic acids is 1. The second-order valence-corrected chi connectivity index (χ2v) is 8.80. The van der Waals surface area contributed by atoms with Crippen molar-refractivity contribution in [2.75, 3.05) is 6.61 Å². The van der Waals surface area contributed by atoms with Crippen molar-refractivity contribution in [3.63, 3.8) is 0 Å². The van der Waals surface area contributed by atoms with Gasteiger partial charge in [-0.3, -0.25) is 0 Å². The third-order valence-corrected chi connectivity index (χ3v) is 5.13.